The van der Waals surface area contributed by atoms with Crippen molar-refractivity contribution in [1.29, 1.82) is 0 Å². The summed E-state index contributed by atoms with van der Waals surface area (Å²) in [5.41, 5.74) is 4.96. The molecule has 10 nitrogen and oxygen atoms in total. The lowest BCUT2D eigenvalue weighted by atomic mass is 10.2. The molecule has 0 atom stereocenters. The summed E-state index contributed by atoms with van der Waals surface area (Å²) in [6.45, 7) is 5.20. The zero-order valence-electron chi connectivity index (χ0n) is 23.6. The first kappa shape index (κ1) is 30.9. The Morgan fingerprint density at radius 3 is 2.23 bits per heavy atom. The molecule has 1 amide bonds. The average molecular weight is 604 g/mol. The molecule has 0 aromatic heterocycles. The molecule has 0 unspecified atom stereocenters. The second kappa shape index (κ2) is 15.2. The van der Waals surface area contributed by atoms with E-state index in [-0.39, 0.29) is 17.9 Å². The van der Waals surface area contributed by atoms with Crippen LogP contribution in [-0.2, 0) is 13.2 Å². The van der Waals surface area contributed by atoms with Gasteiger partial charge in [-0.05, 0) is 66.9 Å². The van der Waals surface area contributed by atoms with Crippen LogP contribution in [0.4, 0.5) is 5.69 Å². The minimum Gasteiger partial charge on any atom is -0.490 e. The molecule has 1 N–H and O–H groups in total. The second-order valence-electron chi connectivity index (χ2n) is 9.04. The number of non-ortho nitro benzene ring substituents is 1. The molecule has 0 bridgehead atoms. The number of halogens is 1. The lowest BCUT2D eigenvalue weighted by Crippen LogP contribution is -2.17. The number of amides is 1. The number of nitrogens with zero attached hydrogens (tertiary/aromatic N) is 2. The molecular formula is C32H30ClN3O7. The van der Waals surface area contributed by atoms with Gasteiger partial charge in [-0.3, -0.25) is 14.9 Å². The number of nitro groups is 1. The molecule has 4 rings (SSSR count). The van der Waals surface area contributed by atoms with Gasteiger partial charge in [0.25, 0.3) is 11.6 Å². The van der Waals surface area contributed by atoms with Crippen molar-refractivity contribution in [1.82, 2.24) is 5.43 Å². The molecule has 0 heterocycles. The summed E-state index contributed by atoms with van der Waals surface area (Å²) in [7, 11) is 0. The average Bonchev–Trinajstić information content (AvgIpc) is 3.01. The summed E-state index contributed by atoms with van der Waals surface area (Å²) in [5.74, 6) is 1.49. The van der Waals surface area contributed by atoms with Gasteiger partial charge >= 0.3 is 0 Å². The molecule has 4 aromatic carbocycles. The Kier molecular flexibility index (Phi) is 10.9. The van der Waals surface area contributed by atoms with Gasteiger partial charge in [0.2, 0.25) is 0 Å². The van der Waals surface area contributed by atoms with Gasteiger partial charge in [-0.25, -0.2) is 5.43 Å². The standard InChI is InChI=1S/C32H30ClN3O7/c1-3-40-29-17-23(10-15-28(29)42-20-22-8-6-5-7-9-22)21-43-31-27(33)16-24(18-30(31)41-4-2)19-34-35-32(37)25-11-13-26(14-12-25)36(38)39/h5-19H,3-4,20-21H2,1-2H3,(H,35,37)/b34-19+. The van der Waals surface area contributed by atoms with Crippen LogP contribution in [0.1, 0.15) is 40.9 Å². The summed E-state index contributed by atoms with van der Waals surface area (Å²) >= 11 is 6.57. The van der Waals surface area contributed by atoms with Gasteiger partial charge in [0, 0.05) is 17.7 Å². The van der Waals surface area contributed by atoms with Crippen LogP contribution >= 0.6 is 11.6 Å². The van der Waals surface area contributed by atoms with Gasteiger partial charge in [0.1, 0.15) is 13.2 Å². The maximum absolute atomic E-state index is 12.3. The van der Waals surface area contributed by atoms with E-state index in [1.165, 1.54) is 30.5 Å². The van der Waals surface area contributed by atoms with Crippen molar-refractivity contribution in [3.05, 3.63) is 122 Å². The maximum Gasteiger partial charge on any atom is 0.271 e. The number of ether oxygens (including phenoxy) is 4. The monoisotopic (exact) mass is 603 g/mol. The highest BCUT2D eigenvalue weighted by atomic mass is 35.5. The number of rotatable bonds is 14. The Bertz CT molecular complexity index is 1580. The van der Waals surface area contributed by atoms with E-state index in [2.05, 4.69) is 10.5 Å². The number of hydrogen-bond donors (Lipinski definition) is 1. The molecule has 0 saturated heterocycles. The van der Waals surface area contributed by atoms with Crippen LogP contribution in [0, 0.1) is 10.1 Å². The van der Waals surface area contributed by atoms with Crippen molar-refractivity contribution in [2.45, 2.75) is 27.1 Å². The van der Waals surface area contributed by atoms with E-state index in [1.54, 1.807) is 12.1 Å². The van der Waals surface area contributed by atoms with Gasteiger partial charge in [0.15, 0.2) is 23.0 Å². The summed E-state index contributed by atoms with van der Waals surface area (Å²) < 4.78 is 23.7. The quantitative estimate of drug-likeness (QED) is 0.0938. The summed E-state index contributed by atoms with van der Waals surface area (Å²) in [4.78, 5) is 22.6. The van der Waals surface area contributed by atoms with Gasteiger partial charge in [-0.2, -0.15) is 5.10 Å². The van der Waals surface area contributed by atoms with E-state index in [4.69, 9.17) is 30.5 Å². The van der Waals surface area contributed by atoms with E-state index in [9.17, 15) is 14.9 Å². The second-order valence-corrected chi connectivity index (χ2v) is 9.45. The largest absolute Gasteiger partial charge is 0.490 e. The van der Waals surface area contributed by atoms with Crippen LogP contribution < -0.4 is 24.4 Å². The number of benzene rings is 4. The Labute approximate surface area is 254 Å². The zero-order chi connectivity index (χ0) is 30.6. The highest BCUT2D eigenvalue weighted by Crippen LogP contribution is 2.37. The molecule has 222 valence electrons. The summed E-state index contributed by atoms with van der Waals surface area (Å²) in [5, 5.41) is 15.1. The van der Waals surface area contributed by atoms with Gasteiger partial charge in [-0.1, -0.05) is 48.0 Å². The third-order valence-electron chi connectivity index (χ3n) is 5.98. The van der Waals surface area contributed by atoms with Crippen LogP contribution in [0.15, 0.2) is 90.0 Å². The third kappa shape index (κ3) is 8.70. The topological polar surface area (TPSA) is 122 Å². The van der Waals surface area contributed by atoms with E-state index in [0.29, 0.717) is 53.4 Å². The third-order valence-corrected chi connectivity index (χ3v) is 6.26. The summed E-state index contributed by atoms with van der Waals surface area (Å²) in [6.07, 6.45) is 1.41. The highest BCUT2D eigenvalue weighted by molar-refractivity contribution is 6.32. The minimum atomic E-state index is -0.538. The van der Waals surface area contributed by atoms with Crippen LogP contribution in [0.2, 0.25) is 5.02 Å². The molecule has 0 spiro atoms. The molecule has 43 heavy (non-hydrogen) atoms. The molecule has 0 saturated carbocycles. The van der Waals surface area contributed by atoms with E-state index < -0.39 is 10.8 Å². The number of hydrogen-bond acceptors (Lipinski definition) is 8. The van der Waals surface area contributed by atoms with Gasteiger partial charge in [0.05, 0.1) is 29.4 Å². The lowest BCUT2D eigenvalue weighted by Gasteiger charge is -2.16. The molecule has 0 aliphatic rings. The first-order valence-corrected chi connectivity index (χ1v) is 13.8. The summed E-state index contributed by atoms with van der Waals surface area (Å²) in [6, 6.07) is 24.0. The number of hydrazone groups is 1. The van der Waals surface area contributed by atoms with Gasteiger partial charge < -0.3 is 18.9 Å². The Morgan fingerprint density at radius 1 is 0.837 bits per heavy atom. The molecule has 0 aliphatic carbocycles. The fraction of sp³-hybridized carbons (Fsp3) is 0.188. The van der Waals surface area contributed by atoms with Crippen molar-refractivity contribution in [2.24, 2.45) is 5.10 Å². The van der Waals surface area contributed by atoms with Crippen LogP contribution in [0.5, 0.6) is 23.0 Å². The number of carbonyl (C=O) groups excluding carboxylic acids is 1. The van der Waals surface area contributed by atoms with Crippen LogP contribution in [0.3, 0.4) is 0 Å². The Morgan fingerprint density at radius 2 is 1.53 bits per heavy atom. The van der Waals surface area contributed by atoms with Crippen LogP contribution in [0.25, 0.3) is 0 Å². The van der Waals surface area contributed by atoms with Crippen molar-refractivity contribution >= 4 is 29.4 Å². The van der Waals surface area contributed by atoms with E-state index in [0.717, 1.165) is 11.1 Å². The number of carbonyl (C=O) groups is 1. The van der Waals surface area contributed by atoms with Crippen LogP contribution in [-0.4, -0.2) is 30.3 Å². The van der Waals surface area contributed by atoms with E-state index in [1.807, 2.05) is 62.4 Å². The lowest BCUT2D eigenvalue weighted by molar-refractivity contribution is -0.384. The first-order chi connectivity index (χ1) is 20.9. The maximum atomic E-state index is 12.3. The Hall–Kier alpha value is -5.09. The fourth-order valence-electron chi connectivity index (χ4n) is 3.95. The minimum absolute atomic E-state index is 0.111. The Balaban J connectivity index is 1.42. The number of nitro benzene ring substituents is 1. The van der Waals surface area contributed by atoms with Crippen molar-refractivity contribution in [3.8, 4) is 23.0 Å². The molecular weight excluding hydrogens is 574 g/mol. The molecule has 0 fully saturated rings. The molecule has 0 radical (unpaired) electrons. The smallest absolute Gasteiger partial charge is 0.271 e. The molecule has 0 aliphatic heterocycles. The zero-order valence-corrected chi connectivity index (χ0v) is 24.4. The van der Waals surface area contributed by atoms with Crippen molar-refractivity contribution < 1.29 is 28.7 Å². The fourth-order valence-corrected chi connectivity index (χ4v) is 4.22. The molecule has 11 heteroatoms. The predicted octanol–water partition coefficient (Wildman–Crippen LogP) is 6.97. The van der Waals surface area contributed by atoms with Crippen molar-refractivity contribution in [2.75, 3.05) is 13.2 Å². The van der Waals surface area contributed by atoms with Gasteiger partial charge in [-0.15, -0.1) is 0 Å². The SMILES string of the molecule is CCOc1cc(COc2c(Cl)cc(/C=N/NC(=O)c3ccc([N+](=O)[O-])cc3)cc2OCC)ccc1OCc1ccccc1. The normalized spacial score (nSPS) is 10.8. The first-order valence-electron chi connectivity index (χ1n) is 13.5. The predicted molar refractivity (Wildman–Crippen MR) is 163 cm³/mol. The van der Waals surface area contributed by atoms with Crippen molar-refractivity contribution in [3.63, 3.8) is 0 Å². The van der Waals surface area contributed by atoms with E-state index >= 15 is 0 Å². The highest BCUT2D eigenvalue weighted by Gasteiger charge is 2.15. The molecule has 4 aromatic rings. The number of nitrogens with one attached hydrogen (secondary N) is 1.